The quantitative estimate of drug-likeness (QED) is 0.834. The van der Waals surface area contributed by atoms with Gasteiger partial charge in [-0.3, -0.25) is 0 Å². The Hall–Kier alpha value is -1.03. The minimum absolute atomic E-state index is 0.0681. The van der Waals surface area contributed by atoms with E-state index in [4.69, 9.17) is 0 Å². The van der Waals surface area contributed by atoms with Gasteiger partial charge in [-0.05, 0) is 23.8 Å². The van der Waals surface area contributed by atoms with Crippen molar-refractivity contribution in [1.82, 2.24) is 5.32 Å². The molecule has 0 heterocycles. The third-order valence-corrected chi connectivity index (χ3v) is 4.30. The predicted octanol–water partition coefficient (Wildman–Crippen LogP) is 4.85. The molecular weight excluding hydrogens is 263 g/mol. The van der Waals surface area contributed by atoms with Crippen molar-refractivity contribution in [3.05, 3.63) is 35.9 Å². The van der Waals surface area contributed by atoms with Crippen LogP contribution in [0.15, 0.2) is 30.3 Å². The number of hydrogen-bond acceptors (Lipinski definition) is 1. The molecule has 0 spiro atoms. The summed E-state index contributed by atoms with van der Waals surface area (Å²) in [5.74, 6) is 0. The first-order valence-electron chi connectivity index (χ1n) is 7.16. The summed E-state index contributed by atoms with van der Waals surface area (Å²) in [7, 11) is 0. The summed E-state index contributed by atoms with van der Waals surface area (Å²) < 4.78 is 38.5. The molecule has 0 aliphatic heterocycles. The van der Waals surface area contributed by atoms with Gasteiger partial charge in [-0.2, -0.15) is 13.2 Å². The summed E-state index contributed by atoms with van der Waals surface area (Å²) in [6, 6.07) is 8.44. The van der Waals surface area contributed by atoms with Crippen molar-refractivity contribution in [2.75, 3.05) is 0 Å². The van der Waals surface area contributed by atoms with Crippen LogP contribution in [0.25, 0.3) is 0 Å². The van der Waals surface area contributed by atoms with E-state index in [1.54, 1.807) is 24.3 Å². The molecule has 1 N–H and O–H groups in total. The van der Waals surface area contributed by atoms with Gasteiger partial charge in [0, 0.05) is 12.1 Å². The summed E-state index contributed by atoms with van der Waals surface area (Å²) >= 11 is 0. The van der Waals surface area contributed by atoms with Crippen molar-refractivity contribution < 1.29 is 13.2 Å². The molecule has 1 aliphatic carbocycles. The number of benzene rings is 1. The average molecular weight is 285 g/mol. The SMILES string of the molecule is CC1(C)CCCC1NC(CC(F)(F)F)c1ccccc1. The van der Waals surface area contributed by atoms with Crippen LogP contribution in [0.5, 0.6) is 0 Å². The summed E-state index contributed by atoms with van der Waals surface area (Å²) in [6.07, 6.45) is -1.87. The topological polar surface area (TPSA) is 12.0 Å². The van der Waals surface area contributed by atoms with Crippen molar-refractivity contribution in [3.63, 3.8) is 0 Å². The van der Waals surface area contributed by atoms with E-state index in [0.29, 0.717) is 5.56 Å². The number of hydrogen-bond donors (Lipinski definition) is 1. The fourth-order valence-corrected chi connectivity index (χ4v) is 3.07. The average Bonchev–Trinajstić information content (AvgIpc) is 2.67. The van der Waals surface area contributed by atoms with E-state index in [0.717, 1.165) is 19.3 Å². The second kappa shape index (κ2) is 5.76. The molecule has 1 aliphatic rings. The number of alkyl halides is 3. The minimum atomic E-state index is -4.16. The third kappa shape index (κ3) is 3.98. The maximum atomic E-state index is 12.8. The molecule has 2 atom stereocenters. The lowest BCUT2D eigenvalue weighted by Crippen LogP contribution is -2.41. The predicted molar refractivity (Wildman–Crippen MR) is 74.4 cm³/mol. The van der Waals surface area contributed by atoms with E-state index in [1.165, 1.54) is 0 Å². The second-order valence-corrected chi connectivity index (χ2v) is 6.38. The highest BCUT2D eigenvalue weighted by molar-refractivity contribution is 5.19. The van der Waals surface area contributed by atoms with Crippen LogP contribution in [-0.4, -0.2) is 12.2 Å². The highest BCUT2D eigenvalue weighted by atomic mass is 19.4. The molecule has 0 saturated heterocycles. The normalized spacial score (nSPS) is 23.8. The Kier molecular flexibility index (Phi) is 4.43. The summed E-state index contributed by atoms with van der Waals surface area (Å²) in [6.45, 7) is 4.26. The highest BCUT2D eigenvalue weighted by Gasteiger charge is 2.39. The Morgan fingerprint density at radius 3 is 2.40 bits per heavy atom. The molecule has 0 aromatic heterocycles. The number of halogens is 3. The van der Waals surface area contributed by atoms with Crippen LogP contribution >= 0.6 is 0 Å². The summed E-state index contributed by atoms with van der Waals surface area (Å²) in [4.78, 5) is 0. The molecule has 1 nitrogen and oxygen atoms in total. The molecule has 2 rings (SSSR count). The zero-order chi connectivity index (χ0) is 14.8. The van der Waals surface area contributed by atoms with Gasteiger partial charge in [0.2, 0.25) is 0 Å². The largest absolute Gasteiger partial charge is 0.390 e. The Labute approximate surface area is 118 Å². The summed E-state index contributed by atoms with van der Waals surface area (Å²) in [5, 5.41) is 3.26. The smallest absolute Gasteiger partial charge is 0.306 e. The molecule has 4 heteroatoms. The van der Waals surface area contributed by atoms with Crippen molar-refractivity contribution >= 4 is 0 Å². The number of nitrogens with one attached hydrogen (secondary N) is 1. The van der Waals surface area contributed by atoms with Gasteiger partial charge in [0.15, 0.2) is 0 Å². The minimum Gasteiger partial charge on any atom is -0.306 e. The monoisotopic (exact) mass is 285 g/mol. The van der Waals surface area contributed by atoms with E-state index < -0.39 is 18.6 Å². The highest BCUT2D eigenvalue weighted by Crippen LogP contribution is 2.40. The standard InChI is InChI=1S/C16H22F3N/c1-15(2)10-6-9-14(15)20-13(11-16(17,18)19)12-7-4-3-5-8-12/h3-5,7-8,13-14,20H,6,9-11H2,1-2H3. The lowest BCUT2D eigenvalue weighted by Gasteiger charge is -2.32. The second-order valence-electron chi connectivity index (χ2n) is 6.38. The van der Waals surface area contributed by atoms with Gasteiger partial charge in [0.25, 0.3) is 0 Å². The Balaban J connectivity index is 2.15. The molecule has 0 amide bonds. The van der Waals surface area contributed by atoms with Gasteiger partial charge in [-0.25, -0.2) is 0 Å². The van der Waals surface area contributed by atoms with Crippen LogP contribution in [0.3, 0.4) is 0 Å². The van der Waals surface area contributed by atoms with E-state index in [-0.39, 0.29) is 11.5 Å². The van der Waals surface area contributed by atoms with E-state index >= 15 is 0 Å². The molecular formula is C16H22F3N. The maximum absolute atomic E-state index is 12.8. The zero-order valence-electron chi connectivity index (χ0n) is 12.0. The molecule has 1 fully saturated rings. The molecule has 1 aromatic carbocycles. The molecule has 1 saturated carbocycles. The maximum Gasteiger partial charge on any atom is 0.390 e. The third-order valence-electron chi connectivity index (χ3n) is 4.30. The molecule has 0 bridgehead atoms. The first kappa shape index (κ1) is 15.4. The molecule has 0 radical (unpaired) electrons. The van der Waals surface area contributed by atoms with Crippen molar-refractivity contribution in [2.24, 2.45) is 5.41 Å². The van der Waals surface area contributed by atoms with E-state index in [2.05, 4.69) is 19.2 Å². The number of rotatable bonds is 4. The van der Waals surface area contributed by atoms with Crippen LogP contribution in [0.2, 0.25) is 0 Å². The Morgan fingerprint density at radius 1 is 1.25 bits per heavy atom. The zero-order valence-corrected chi connectivity index (χ0v) is 12.0. The Bertz CT molecular complexity index is 425. The van der Waals surface area contributed by atoms with Gasteiger partial charge in [-0.15, -0.1) is 0 Å². The first-order valence-corrected chi connectivity index (χ1v) is 7.16. The fourth-order valence-electron chi connectivity index (χ4n) is 3.07. The van der Waals surface area contributed by atoms with Gasteiger partial charge in [0.1, 0.15) is 0 Å². The fraction of sp³-hybridized carbons (Fsp3) is 0.625. The van der Waals surface area contributed by atoms with Gasteiger partial charge < -0.3 is 5.32 Å². The van der Waals surface area contributed by atoms with Crippen LogP contribution < -0.4 is 5.32 Å². The van der Waals surface area contributed by atoms with Crippen LogP contribution in [0.4, 0.5) is 13.2 Å². The first-order chi connectivity index (χ1) is 9.28. The van der Waals surface area contributed by atoms with Gasteiger partial charge in [0.05, 0.1) is 6.42 Å². The Morgan fingerprint density at radius 2 is 1.90 bits per heavy atom. The van der Waals surface area contributed by atoms with E-state index in [1.807, 2.05) is 6.07 Å². The van der Waals surface area contributed by atoms with Crippen LogP contribution in [-0.2, 0) is 0 Å². The van der Waals surface area contributed by atoms with Crippen LogP contribution in [0.1, 0.15) is 51.1 Å². The molecule has 20 heavy (non-hydrogen) atoms. The van der Waals surface area contributed by atoms with Gasteiger partial charge in [-0.1, -0.05) is 50.6 Å². The van der Waals surface area contributed by atoms with Crippen molar-refractivity contribution in [2.45, 2.75) is 57.8 Å². The van der Waals surface area contributed by atoms with E-state index in [9.17, 15) is 13.2 Å². The van der Waals surface area contributed by atoms with Gasteiger partial charge >= 0.3 is 6.18 Å². The summed E-state index contributed by atoms with van der Waals surface area (Å²) in [5.41, 5.74) is 0.783. The molecule has 112 valence electrons. The van der Waals surface area contributed by atoms with Crippen LogP contribution in [0, 0.1) is 5.41 Å². The lowest BCUT2D eigenvalue weighted by atomic mass is 9.86. The molecule has 1 aromatic rings. The molecule has 2 unspecified atom stereocenters. The van der Waals surface area contributed by atoms with Crippen molar-refractivity contribution in [1.29, 1.82) is 0 Å². The van der Waals surface area contributed by atoms with Crippen molar-refractivity contribution in [3.8, 4) is 0 Å². The lowest BCUT2D eigenvalue weighted by molar-refractivity contribution is -0.141.